The zero-order valence-electron chi connectivity index (χ0n) is 17.1. The Morgan fingerprint density at radius 1 is 1.00 bits per heavy atom. The van der Waals surface area contributed by atoms with Gasteiger partial charge in [-0.15, -0.1) is 0 Å². The summed E-state index contributed by atoms with van der Waals surface area (Å²) in [6.45, 7) is 2.27. The number of carbonyl (C=O) groups excluding carboxylic acids is 1. The Balaban J connectivity index is 2.11. The second kappa shape index (κ2) is 9.35. The van der Waals surface area contributed by atoms with Gasteiger partial charge in [0.25, 0.3) is 0 Å². The van der Waals surface area contributed by atoms with Crippen molar-refractivity contribution in [1.29, 1.82) is 0 Å². The summed E-state index contributed by atoms with van der Waals surface area (Å²) in [5.74, 6) is 0.0524. The van der Waals surface area contributed by atoms with E-state index >= 15 is 0 Å². The van der Waals surface area contributed by atoms with Crippen molar-refractivity contribution < 1.29 is 9.90 Å². The second-order valence-electron chi connectivity index (χ2n) is 8.06. The molecule has 2 aromatic carbocycles. The summed E-state index contributed by atoms with van der Waals surface area (Å²) in [7, 11) is 4.02. The maximum atomic E-state index is 14.0. The van der Waals surface area contributed by atoms with E-state index in [4.69, 9.17) is 0 Å². The molecule has 0 spiro atoms. The lowest BCUT2D eigenvalue weighted by Gasteiger charge is -2.42. The Bertz CT molecular complexity index is 742. The molecule has 2 atom stereocenters. The lowest BCUT2D eigenvalue weighted by Crippen LogP contribution is -2.53. The zero-order chi connectivity index (χ0) is 20.0. The Morgan fingerprint density at radius 3 is 2.14 bits per heavy atom. The number of carbonyl (C=O) groups is 1. The van der Waals surface area contributed by atoms with Gasteiger partial charge >= 0.3 is 0 Å². The van der Waals surface area contributed by atoms with Crippen molar-refractivity contribution in [2.24, 2.45) is 0 Å². The van der Waals surface area contributed by atoms with Crippen molar-refractivity contribution in [2.45, 2.75) is 37.2 Å². The molecule has 4 heteroatoms. The monoisotopic (exact) mass is 380 g/mol. The molecular weight excluding hydrogens is 348 g/mol. The van der Waals surface area contributed by atoms with Gasteiger partial charge in [0.15, 0.2) is 0 Å². The molecule has 1 saturated heterocycles. The molecular formula is C24H32N2O2. The molecule has 0 bridgehead atoms. The fourth-order valence-corrected chi connectivity index (χ4v) is 4.22. The summed E-state index contributed by atoms with van der Waals surface area (Å²) >= 11 is 0. The number of benzene rings is 2. The number of rotatable bonds is 7. The summed E-state index contributed by atoms with van der Waals surface area (Å²) in [4.78, 5) is 18.0. The lowest BCUT2D eigenvalue weighted by molar-refractivity contribution is -0.144. The van der Waals surface area contributed by atoms with Gasteiger partial charge in [0.1, 0.15) is 5.41 Å². The van der Waals surface area contributed by atoms with Gasteiger partial charge in [-0.1, -0.05) is 60.7 Å². The van der Waals surface area contributed by atoms with Crippen LogP contribution in [0.15, 0.2) is 60.7 Å². The maximum Gasteiger partial charge on any atom is 0.236 e. The molecule has 0 aromatic heterocycles. The highest BCUT2D eigenvalue weighted by Crippen LogP contribution is 2.42. The molecule has 150 valence electrons. The van der Waals surface area contributed by atoms with Crippen molar-refractivity contribution in [3.8, 4) is 0 Å². The van der Waals surface area contributed by atoms with E-state index in [9.17, 15) is 9.90 Å². The molecule has 3 rings (SSSR count). The van der Waals surface area contributed by atoms with E-state index in [1.165, 1.54) is 6.42 Å². The molecule has 0 radical (unpaired) electrons. The largest absolute Gasteiger partial charge is 0.387 e. The van der Waals surface area contributed by atoms with Crippen molar-refractivity contribution in [1.82, 2.24) is 9.80 Å². The van der Waals surface area contributed by atoms with Crippen molar-refractivity contribution in [3.63, 3.8) is 0 Å². The van der Waals surface area contributed by atoms with Gasteiger partial charge in [-0.05, 0) is 57.5 Å². The van der Waals surface area contributed by atoms with Crippen LogP contribution in [0.1, 0.15) is 42.9 Å². The molecule has 1 aliphatic heterocycles. The van der Waals surface area contributed by atoms with Crippen LogP contribution in [0.5, 0.6) is 0 Å². The summed E-state index contributed by atoms with van der Waals surface area (Å²) in [5.41, 5.74) is 0.684. The number of hydrogen-bond donors (Lipinski definition) is 1. The molecule has 0 aliphatic carbocycles. The number of aliphatic hydroxyl groups is 1. The number of likely N-dealkylation sites (tertiary alicyclic amines) is 1. The predicted octanol–water partition coefficient (Wildman–Crippen LogP) is 3.62. The first-order valence-electron chi connectivity index (χ1n) is 10.3. The predicted molar refractivity (Wildman–Crippen MR) is 113 cm³/mol. The lowest BCUT2D eigenvalue weighted by atomic mass is 9.69. The van der Waals surface area contributed by atoms with Gasteiger partial charge in [-0.2, -0.15) is 0 Å². The highest BCUT2D eigenvalue weighted by atomic mass is 16.3. The van der Waals surface area contributed by atoms with Crippen LogP contribution in [0.25, 0.3) is 0 Å². The maximum absolute atomic E-state index is 14.0. The summed E-state index contributed by atoms with van der Waals surface area (Å²) in [6, 6.07) is 19.5. The third-order valence-corrected chi connectivity index (χ3v) is 5.85. The summed E-state index contributed by atoms with van der Waals surface area (Å²) in [5, 5.41) is 11.6. The van der Waals surface area contributed by atoms with Crippen LogP contribution in [0, 0.1) is 0 Å². The number of nitrogens with zero attached hydrogens (tertiary/aromatic N) is 2. The van der Waals surface area contributed by atoms with Crippen LogP contribution in [-0.4, -0.2) is 54.5 Å². The quantitative estimate of drug-likeness (QED) is 0.798. The summed E-state index contributed by atoms with van der Waals surface area (Å²) < 4.78 is 0. The van der Waals surface area contributed by atoms with Crippen molar-refractivity contribution >= 4 is 5.91 Å². The summed E-state index contributed by atoms with van der Waals surface area (Å²) in [6.07, 6.45) is 2.90. The highest BCUT2D eigenvalue weighted by Gasteiger charge is 2.49. The fourth-order valence-electron chi connectivity index (χ4n) is 4.22. The van der Waals surface area contributed by atoms with E-state index < -0.39 is 11.5 Å². The van der Waals surface area contributed by atoms with E-state index in [1.54, 1.807) is 0 Å². The molecule has 1 heterocycles. The molecule has 28 heavy (non-hydrogen) atoms. The molecule has 2 aromatic rings. The number of piperidine rings is 1. The molecule has 2 unspecified atom stereocenters. The van der Waals surface area contributed by atoms with Crippen LogP contribution in [0.4, 0.5) is 0 Å². The van der Waals surface area contributed by atoms with Crippen LogP contribution in [0.3, 0.4) is 0 Å². The Kier molecular flexibility index (Phi) is 6.87. The first-order valence-corrected chi connectivity index (χ1v) is 10.3. The minimum atomic E-state index is -0.996. The third kappa shape index (κ3) is 4.29. The van der Waals surface area contributed by atoms with Crippen molar-refractivity contribution in [3.05, 3.63) is 71.8 Å². The fraction of sp³-hybridized carbons (Fsp3) is 0.458. The van der Waals surface area contributed by atoms with E-state index in [2.05, 4.69) is 4.90 Å². The van der Waals surface area contributed by atoms with Gasteiger partial charge in [-0.3, -0.25) is 4.79 Å². The SMILES string of the molecule is CN(C)CCC(C(=O)N1CCCCC1)(c1ccccc1)C(O)c1ccccc1. The zero-order valence-corrected chi connectivity index (χ0v) is 17.1. The molecule has 1 amide bonds. The van der Waals surface area contributed by atoms with Crippen LogP contribution in [-0.2, 0) is 10.2 Å². The van der Waals surface area contributed by atoms with Crippen LogP contribution < -0.4 is 0 Å². The van der Waals surface area contributed by atoms with Crippen LogP contribution in [0.2, 0.25) is 0 Å². The second-order valence-corrected chi connectivity index (χ2v) is 8.06. The van der Waals surface area contributed by atoms with E-state index in [0.717, 1.165) is 43.6 Å². The Hall–Kier alpha value is -2.17. The van der Waals surface area contributed by atoms with E-state index in [1.807, 2.05) is 79.7 Å². The molecule has 1 aliphatic rings. The minimum Gasteiger partial charge on any atom is -0.387 e. The van der Waals surface area contributed by atoms with E-state index in [0.29, 0.717) is 6.42 Å². The molecule has 0 saturated carbocycles. The normalized spacial score (nSPS) is 17.9. The van der Waals surface area contributed by atoms with E-state index in [-0.39, 0.29) is 5.91 Å². The minimum absolute atomic E-state index is 0.0524. The standard InChI is InChI=1S/C24H32N2O2/c1-25(2)19-16-24(21-14-8-4-9-15-21,22(27)20-12-6-3-7-13-20)23(28)26-17-10-5-11-18-26/h3-4,6-9,12-15,22,27H,5,10-11,16-19H2,1-2H3. The van der Waals surface area contributed by atoms with Crippen LogP contribution >= 0.6 is 0 Å². The third-order valence-electron chi connectivity index (χ3n) is 5.85. The van der Waals surface area contributed by atoms with Gasteiger partial charge in [0, 0.05) is 13.1 Å². The Morgan fingerprint density at radius 2 is 1.57 bits per heavy atom. The topological polar surface area (TPSA) is 43.8 Å². The van der Waals surface area contributed by atoms with Gasteiger partial charge in [-0.25, -0.2) is 0 Å². The molecule has 1 fully saturated rings. The Labute approximate surface area is 168 Å². The van der Waals surface area contributed by atoms with Gasteiger partial charge < -0.3 is 14.9 Å². The number of amides is 1. The number of hydrogen-bond acceptors (Lipinski definition) is 3. The molecule has 1 N–H and O–H groups in total. The number of aliphatic hydroxyl groups excluding tert-OH is 1. The average molecular weight is 381 g/mol. The highest BCUT2D eigenvalue weighted by molar-refractivity contribution is 5.89. The van der Waals surface area contributed by atoms with Crippen molar-refractivity contribution in [2.75, 3.05) is 33.7 Å². The van der Waals surface area contributed by atoms with Gasteiger partial charge in [0.2, 0.25) is 5.91 Å². The molecule has 4 nitrogen and oxygen atoms in total. The van der Waals surface area contributed by atoms with Gasteiger partial charge in [0.05, 0.1) is 6.10 Å². The smallest absolute Gasteiger partial charge is 0.236 e. The average Bonchev–Trinajstić information content (AvgIpc) is 2.75. The first kappa shape index (κ1) is 20.6. The first-order chi connectivity index (χ1) is 13.6.